The molecule has 0 amide bonds. The Bertz CT molecular complexity index is 429. The van der Waals surface area contributed by atoms with Crippen molar-refractivity contribution in [2.24, 2.45) is 11.7 Å². The standard InChI is InChI=1S/C15H28N2O2S/c16-12-15(7-10-20(18,19)11-8-15)17-9-3-6-14(17)13-4-1-2-5-13/h13-14H,1-12,16H2. The average Bonchev–Trinajstić information content (AvgIpc) is 3.10. The summed E-state index contributed by atoms with van der Waals surface area (Å²) in [5, 5.41) is 0. The van der Waals surface area contributed by atoms with Gasteiger partial charge in [-0.1, -0.05) is 12.8 Å². The number of hydrogen-bond donors (Lipinski definition) is 1. The highest BCUT2D eigenvalue weighted by Crippen LogP contribution is 2.41. The zero-order valence-corrected chi connectivity index (χ0v) is 13.2. The molecule has 0 radical (unpaired) electrons. The maximum atomic E-state index is 11.7. The molecule has 1 saturated carbocycles. The molecule has 116 valence electrons. The number of sulfone groups is 1. The molecule has 2 aliphatic heterocycles. The Labute approximate surface area is 123 Å². The van der Waals surface area contributed by atoms with E-state index in [1.807, 2.05) is 0 Å². The maximum Gasteiger partial charge on any atom is 0.150 e. The summed E-state index contributed by atoms with van der Waals surface area (Å²) in [6, 6.07) is 0.668. The van der Waals surface area contributed by atoms with Crippen molar-refractivity contribution < 1.29 is 8.42 Å². The Morgan fingerprint density at radius 3 is 2.30 bits per heavy atom. The van der Waals surface area contributed by atoms with E-state index < -0.39 is 9.84 Å². The van der Waals surface area contributed by atoms with Crippen molar-refractivity contribution in [2.75, 3.05) is 24.6 Å². The van der Waals surface area contributed by atoms with Crippen molar-refractivity contribution in [3.8, 4) is 0 Å². The number of rotatable bonds is 3. The van der Waals surface area contributed by atoms with E-state index >= 15 is 0 Å². The lowest BCUT2D eigenvalue weighted by atomic mass is 9.86. The summed E-state index contributed by atoms with van der Waals surface area (Å²) in [7, 11) is -2.81. The Morgan fingerprint density at radius 2 is 1.70 bits per heavy atom. The third-order valence-electron chi connectivity index (χ3n) is 5.99. The molecule has 0 spiro atoms. The summed E-state index contributed by atoms with van der Waals surface area (Å²) in [6.07, 6.45) is 9.51. The second-order valence-electron chi connectivity index (χ2n) is 7.03. The van der Waals surface area contributed by atoms with Gasteiger partial charge in [-0.3, -0.25) is 4.90 Å². The van der Waals surface area contributed by atoms with Crippen LogP contribution in [0.25, 0.3) is 0 Å². The summed E-state index contributed by atoms with van der Waals surface area (Å²) < 4.78 is 23.5. The van der Waals surface area contributed by atoms with Gasteiger partial charge in [0.25, 0.3) is 0 Å². The molecule has 4 nitrogen and oxygen atoms in total. The molecule has 1 aliphatic carbocycles. The van der Waals surface area contributed by atoms with E-state index in [9.17, 15) is 8.42 Å². The smallest absolute Gasteiger partial charge is 0.150 e. The van der Waals surface area contributed by atoms with Gasteiger partial charge >= 0.3 is 0 Å². The van der Waals surface area contributed by atoms with Crippen LogP contribution in [0.4, 0.5) is 0 Å². The zero-order valence-electron chi connectivity index (χ0n) is 12.4. The second kappa shape index (κ2) is 5.58. The van der Waals surface area contributed by atoms with Crippen LogP contribution in [0.15, 0.2) is 0 Å². The quantitative estimate of drug-likeness (QED) is 0.859. The number of likely N-dealkylation sites (tertiary alicyclic amines) is 1. The summed E-state index contributed by atoms with van der Waals surface area (Å²) in [5.74, 6) is 1.50. The van der Waals surface area contributed by atoms with Crippen molar-refractivity contribution in [3.63, 3.8) is 0 Å². The molecule has 1 atom stereocenters. The van der Waals surface area contributed by atoms with E-state index in [1.54, 1.807) is 0 Å². The highest BCUT2D eigenvalue weighted by molar-refractivity contribution is 7.91. The van der Waals surface area contributed by atoms with Crippen LogP contribution in [0.1, 0.15) is 51.4 Å². The molecule has 5 heteroatoms. The van der Waals surface area contributed by atoms with Crippen molar-refractivity contribution in [1.29, 1.82) is 0 Å². The lowest BCUT2D eigenvalue weighted by Gasteiger charge is -2.48. The molecule has 0 aromatic carbocycles. The van der Waals surface area contributed by atoms with Crippen LogP contribution in [0.2, 0.25) is 0 Å². The van der Waals surface area contributed by atoms with E-state index in [2.05, 4.69) is 4.90 Å². The van der Waals surface area contributed by atoms with E-state index in [-0.39, 0.29) is 5.54 Å². The van der Waals surface area contributed by atoms with Crippen molar-refractivity contribution in [2.45, 2.75) is 62.9 Å². The van der Waals surface area contributed by atoms with Crippen LogP contribution in [0.3, 0.4) is 0 Å². The minimum Gasteiger partial charge on any atom is -0.329 e. The molecule has 3 fully saturated rings. The van der Waals surface area contributed by atoms with Crippen molar-refractivity contribution in [1.82, 2.24) is 4.90 Å². The third kappa shape index (κ3) is 2.64. The first-order valence-electron chi connectivity index (χ1n) is 8.24. The first-order chi connectivity index (χ1) is 9.56. The van der Waals surface area contributed by atoms with E-state index in [0.717, 1.165) is 25.3 Å². The van der Waals surface area contributed by atoms with Crippen LogP contribution in [0.5, 0.6) is 0 Å². The summed E-state index contributed by atoms with van der Waals surface area (Å²) in [5.41, 5.74) is 6.10. The van der Waals surface area contributed by atoms with E-state index in [1.165, 1.54) is 38.5 Å². The number of nitrogens with two attached hydrogens (primary N) is 1. The number of hydrogen-bond acceptors (Lipinski definition) is 4. The van der Waals surface area contributed by atoms with E-state index in [4.69, 9.17) is 5.73 Å². The Balaban J connectivity index is 1.77. The fraction of sp³-hybridized carbons (Fsp3) is 1.00. The molecule has 1 unspecified atom stereocenters. The van der Waals surface area contributed by atoms with Crippen LogP contribution in [0, 0.1) is 5.92 Å². The summed E-state index contributed by atoms with van der Waals surface area (Å²) in [4.78, 5) is 2.64. The Hall–Kier alpha value is -0.130. The molecule has 0 bridgehead atoms. The van der Waals surface area contributed by atoms with Gasteiger partial charge in [-0.15, -0.1) is 0 Å². The molecule has 0 aromatic heterocycles. The van der Waals surface area contributed by atoms with Gasteiger partial charge in [0.05, 0.1) is 11.5 Å². The maximum absolute atomic E-state index is 11.7. The molecule has 2 N–H and O–H groups in total. The minimum atomic E-state index is -2.81. The van der Waals surface area contributed by atoms with Gasteiger partial charge in [0, 0.05) is 18.1 Å². The SMILES string of the molecule is NCC1(N2CCCC2C2CCCC2)CCS(=O)(=O)CC1. The predicted octanol–water partition coefficient (Wildman–Crippen LogP) is 1.55. The van der Waals surface area contributed by atoms with E-state index in [0.29, 0.717) is 24.1 Å². The first-order valence-corrected chi connectivity index (χ1v) is 10.1. The monoisotopic (exact) mass is 300 g/mol. The largest absolute Gasteiger partial charge is 0.329 e. The normalized spacial score (nSPS) is 34.5. The molecule has 0 aromatic rings. The lowest BCUT2D eigenvalue weighted by Crippen LogP contribution is -2.60. The second-order valence-corrected chi connectivity index (χ2v) is 9.33. The van der Waals surface area contributed by atoms with Gasteiger partial charge in [-0.25, -0.2) is 8.42 Å². The average molecular weight is 300 g/mol. The van der Waals surface area contributed by atoms with Crippen molar-refractivity contribution in [3.05, 3.63) is 0 Å². The molecule has 3 rings (SSSR count). The summed E-state index contributed by atoms with van der Waals surface area (Å²) in [6.45, 7) is 1.74. The van der Waals surface area contributed by atoms with Crippen LogP contribution < -0.4 is 5.73 Å². The first kappa shape index (κ1) is 14.8. The molecule has 20 heavy (non-hydrogen) atoms. The topological polar surface area (TPSA) is 63.4 Å². The fourth-order valence-corrected chi connectivity index (χ4v) is 6.33. The van der Waals surface area contributed by atoms with Crippen LogP contribution >= 0.6 is 0 Å². The van der Waals surface area contributed by atoms with Gasteiger partial charge in [-0.2, -0.15) is 0 Å². The molecule has 3 aliphatic rings. The zero-order chi connectivity index (χ0) is 14.2. The molecular weight excluding hydrogens is 272 g/mol. The Kier molecular flexibility index (Phi) is 4.13. The van der Waals surface area contributed by atoms with Gasteiger partial charge in [0.2, 0.25) is 0 Å². The lowest BCUT2D eigenvalue weighted by molar-refractivity contribution is 0.0454. The molecule has 2 heterocycles. The van der Waals surface area contributed by atoms with Crippen molar-refractivity contribution >= 4 is 9.84 Å². The van der Waals surface area contributed by atoms with Gasteiger partial charge < -0.3 is 5.73 Å². The highest BCUT2D eigenvalue weighted by Gasteiger charge is 2.47. The number of nitrogens with zero attached hydrogens (tertiary/aromatic N) is 1. The van der Waals surface area contributed by atoms with Crippen LogP contribution in [-0.2, 0) is 9.84 Å². The van der Waals surface area contributed by atoms with Gasteiger partial charge in [-0.05, 0) is 51.0 Å². The highest BCUT2D eigenvalue weighted by atomic mass is 32.2. The van der Waals surface area contributed by atoms with Gasteiger partial charge in [0.1, 0.15) is 9.84 Å². The minimum absolute atomic E-state index is 0.0327. The Morgan fingerprint density at radius 1 is 1.05 bits per heavy atom. The van der Waals surface area contributed by atoms with Crippen LogP contribution in [-0.4, -0.2) is 49.5 Å². The fourth-order valence-electron chi connectivity index (χ4n) is 4.74. The molecule has 2 saturated heterocycles. The predicted molar refractivity (Wildman–Crippen MR) is 81.4 cm³/mol. The molecular formula is C15H28N2O2S. The third-order valence-corrected chi connectivity index (χ3v) is 7.64. The summed E-state index contributed by atoms with van der Waals surface area (Å²) >= 11 is 0. The van der Waals surface area contributed by atoms with Gasteiger partial charge in [0.15, 0.2) is 0 Å².